The Bertz CT molecular complexity index is 869. The van der Waals surface area contributed by atoms with Crippen LogP contribution in [-0.2, 0) is 21.1 Å². The molecule has 132 valence electrons. The zero-order valence-electron chi connectivity index (χ0n) is 13.4. The van der Waals surface area contributed by atoms with E-state index in [0.717, 1.165) is 0 Å². The molecule has 8 heteroatoms. The first-order chi connectivity index (χ1) is 11.9. The molecule has 0 bridgehead atoms. The van der Waals surface area contributed by atoms with Gasteiger partial charge in [0.05, 0.1) is 29.8 Å². The number of aromatic nitrogens is 1. The number of pyridine rings is 1. The molecule has 1 unspecified atom stereocenters. The van der Waals surface area contributed by atoms with Gasteiger partial charge in [-0.3, -0.25) is 4.79 Å². The number of halogens is 1. The highest BCUT2D eigenvalue weighted by atomic mass is 32.2. The smallest absolute Gasteiger partial charge is 0.228 e. The standard InChI is InChI=1S/C17H18FN3O3S/c18-13-3-1-2-12(8-13)9-17(22)21-14-4-5-16(19-10-14)20-15-6-7-25(23,24)11-15/h1-5,8,10,15H,6-7,9,11H2,(H,19,20)(H,21,22). The van der Waals surface area contributed by atoms with E-state index >= 15 is 0 Å². The van der Waals surface area contributed by atoms with Crippen molar-refractivity contribution < 1.29 is 17.6 Å². The molecule has 0 saturated carbocycles. The van der Waals surface area contributed by atoms with Crippen molar-refractivity contribution in [3.8, 4) is 0 Å². The van der Waals surface area contributed by atoms with Crippen molar-refractivity contribution in [3.05, 3.63) is 54.0 Å². The molecular weight excluding hydrogens is 345 g/mol. The molecule has 1 aromatic carbocycles. The predicted molar refractivity (Wildman–Crippen MR) is 93.7 cm³/mol. The second-order valence-electron chi connectivity index (χ2n) is 6.03. The minimum atomic E-state index is -2.95. The summed E-state index contributed by atoms with van der Waals surface area (Å²) in [4.78, 5) is 16.2. The molecule has 2 N–H and O–H groups in total. The second kappa shape index (κ2) is 7.18. The number of anilines is 2. The number of benzene rings is 1. The van der Waals surface area contributed by atoms with Crippen molar-refractivity contribution >= 4 is 27.2 Å². The first kappa shape index (κ1) is 17.3. The average molecular weight is 363 g/mol. The van der Waals surface area contributed by atoms with Gasteiger partial charge in [-0.25, -0.2) is 17.8 Å². The number of sulfone groups is 1. The third-order valence-electron chi connectivity index (χ3n) is 3.89. The van der Waals surface area contributed by atoms with E-state index in [-0.39, 0.29) is 35.7 Å². The molecule has 3 rings (SSSR count). The maximum absolute atomic E-state index is 13.1. The minimum absolute atomic E-state index is 0.0672. The second-order valence-corrected chi connectivity index (χ2v) is 8.26. The Balaban J connectivity index is 1.54. The molecule has 2 aromatic rings. The minimum Gasteiger partial charge on any atom is -0.366 e. The summed E-state index contributed by atoms with van der Waals surface area (Å²) in [6.45, 7) is 0. The number of carbonyl (C=O) groups is 1. The maximum Gasteiger partial charge on any atom is 0.228 e. The van der Waals surface area contributed by atoms with Crippen LogP contribution in [0.1, 0.15) is 12.0 Å². The number of nitrogens with one attached hydrogen (secondary N) is 2. The van der Waals surface area contributed by atoms with Crippen LogP contribution in [0.25, 0.3) is 0 Å². The SMILES string of the molecule is O=C(Cc1cccc(F)c1)Nc1ccc(NC2CCS(=O)(=O)C2)nc1. The quantitative estimate of drug-likeness (QED) is 0.848. The van der Waals surface area contributed by atoms with E-state index < -0.39 is 9.84 Å². The lowest BCUT2D eigenvalue weighted by Gasteiger charge is -2.12. The van der Waals surface area contributed by atoms with E-state index in [2.05, 4.69) is 15.6 Å². The van der Waals surface area contributed by atoms with Gasteiger partial charge in [-0.05, 0) is 36.2 Å². The highest BCUT2D eigenvalue weighted by Crippen LogP contribution is 2.17. The number of amides is 1. The molecule has 1 aromatic heterocycles. The Morgan fingerprint density at radius 2 is 2.12 bits per heavy atom. The Hall–Kier alpha value is -2.48. The van der Waals surface area contributed by atoms with Crippen LogP contribution < -0.4 is 10.6 Å². The van der Waals surface area contributed by atoms with Crippen molar-refractivity contribution in [1.29, 1.82) is 0 Å². The number of nitrogens with zero attached hydrogens (tertiary/aromatic N) is 1. The summed E-state index contributed by atoms with van der Waals surface area (Å²) in [7, 11) is -2.95. The zero-order valence-corrected chi connectivity index (χ0v) is 14.2. The van der Waals surface area contributed by atoms with Crippen LogP contribution >= 0.6 is 0 Å². The van der Waals surface area contributed by atoms with Gasteiger partial charge >= 0.3 is 0 Å². The topological polar surface area (TPSA) is 88.2 Å². The predicted octanol–water partition coefficient (Wildman–Crippen LogP) is 2.00. The van der Waals surface area contributed by atoms with E-state index in [1.54, 1.807) is 24.3 Å². The molecule has 25 heavy (non-hydrogen) atoms. The third-order valence-corrected chi connectivity index (χ3v) is 5.65. The molecule has 1 amide bonds. The van der Waals surface area contributed by atoms with Gasteiger partial charge in [-0.15, -0.1) is 0 Å². The van der Waals surface area contributed by atoms with Gasteiger partial charge in [0.25, 0.3) is 0 Å². The largest absolute Gasteiger partial charge is 0.366 e. The lowest BCUT2D eigenvalue weighted by Crippen LogP contribution is -2.21. The summed E-state index contributed by atoms with van der Waals surface area (Å²) >= 11 is 0. The van der Waals surface area contributed by atoms with Crippen molar-refractivity contribution in [3.63, 3.8) is 0 Å². The van der Waals surface area contributed by atoms with E-state index in [1.807, 2.05) is 0 Å². The normalized spacial score (nSPS) is 18.7. The molecule has 1 aliphatic rings. The summed E-state index contributed by atoms with van der Waals surface area (Å²) in [6, 6.07) is 9.12. The van der Waals surface area contributed by atoms with E-state index in [9.17, 15) is 17.6 Å². The van der Waals surface area contributed by atoms with Crippen LogP contribution in [0.5, 0.6) is 0 Å². The fourth-order valence-corrected chi connectivity index (χ4v) is 4.38. The number of hydrogen-bond acceptors (Lipinski definition) is 5. The molecule has 6 nitrogen and oxygen atoms in total. The van der Waals surface area contributed by atoms with Crippen LogP contribution in [0.2, 0.25) is 0 Å². The molecule has 2 heterocycles. The molecule has 0 aliphatic carbocycles. The van der Waals surface area contributed by atoms with E-state index in [4.69, 9.17) is 0 Å². The number of carbonyl (C=O) groups excluding carboxylic acids is 1. The van der Waals surface area contributed by atoms with Crippen molar-refractivity contribution in [1.82, 2.24) is 4.98 Å². The molecule has 1 aliphatic heterocycles. The lowest BCUT2D eigenvalue weighted by atomic mass is 10.1. The Morgan fingerprint density at radius 3 is 2.76 bits per heavy atom. The zero-order chi connectivity index (χ0) is 17.9. The summed E-state index contributed by atoms with van der Waals surface area (Å²) in [5, 5.41) is 5.77. The summed E-state index contributed by atoms with van der Waals surface area (Å²) in [5.74, 6) is 0.219. The molecule has 1 atom stereocenters. The highest BCUT2D eigenvalue weighted by molar-refractivity contribution is 7.91. The summed E-state index contributed by atoms with van der Waals surface area (Å²) in [6.07, 6.45) is 2.13. The lowest BCUT2D eigenvalue weighted by molar-refractivity contribution is -0.115. The van der Waals surface area contributed by atoms with Gasteiger partial charge in [0.1, 0.15) is 11.6 Å². The molecular formula is C17H18FN3O3S. The van der Waals surface area contributed by atoms with Crippen LogP contribution in [0.4, 0.5) is 15.9 Å². The van der Waals surface area contributed by atoms with Crippen molar-refractivity contribution in [2.45, 2.75) is 18.9 Å². The van der Waals surface area contributed by atoms with E-state index in [0.29, 0.717) is 23.5 Å². The molecule has 0 spiro atoms. The monoisotopic (exact) mass is 363 g/mol. The van der Waals surface area contributed by atoms with Crippen molar-refractivity contribution in [2.24, 2.45) is 0 Å². The number of rotatable bonds is 5. The molecule has 1 fully saturated rings. The Kier molecular flexibility index (Phi) is 4.98. The third kappa shape index (κ3) is 4.99. The van der Waals surface area contributed by atoms with E-state index in [1.165, 1.54) is 18.3 Å². The van der Waals surface area contributed by atoms with Crippen LogP contribution in [-0.4, -0.2) is 36.9 Å². The van der Waals surface area contributed by atoms with Crippen molar-refractivity contribution in [2.75, 3.05) is 22.1 Å². The first-order valence-electron chi connectivity index (χ1n) is 7.87. The first-order valence-corrected chi connectivity index (χ1v) is 9.69. The number of hydrogen-bond donors (Lipinski definition) is 2. The molecule has 0 radical (unpaired) electrons. The van der Waals surface area contributed by atoms with Crippen LogP contribution in [0.3, 0.4) is 0 Å². The maximum atomic E-state index is 13.1. The Labute approximate surface area is 145 Å². The van der Waals surface area contributed by atoms with Gasteiger partial charge in [0.2, 0.25) is 5.91 Å². The van der Waals surface area contributed by atoms with Crippen LogP contribution in [0, 0.1) is 5.82 Å². The summed E-state index contributed by atoms with van der Waals surface area (Å²) in [5.41, 5.74) is 1.11. The average Bonchev–Trinajstić information content (AvgIpc) is 2.88. The highest BCUT2D eigenvalue weighted by Gasteiger charge is 2.27. The Morgan fingerprint density at radius 1 is 1.28 bits per heavy atom. The molecule has 1 saturated heterocycles. The van der Waals surface area contributed by atoms with Gasteiger partial charge in [-0.1, -0.05) is 12.1 Å². The van der Waals surface area contributed by atoms with Crippen LogP contribution in [0.15, 0.2) is 42.6 Å². The summed E-state index contributed by atoms with van der Waals surface area (Å²) < 4.78 is 36.0. The fraction of sp³-hybridized carbons (Fsp3) is 0.294. The van der Waals surface area contributed by atoms with Gasteiger partial charge < -0.3 is 10.6 Å². The van der Waals surface area contributed by atoms with Gasteiger partial charge in [-0.2, -0.15) is 0 Å². The van der Waals surface area contributed by atoms with Gasteiger partial charge in [0, 0.05) is 6.04 Å². The fourth-order valence-electron chi connectivity index (χ4n) is 2.71. The van der Waals surface area contributed by atoms with Gasteiger partial charge in [0.15, 0.2) is 9.84 Å².